The highest BCUT2D eigenvalue weighted by Gasteiger charge is 2.38. The van der Waals surface area contributed by atoms with Crippen LogP contribution in [0.15, 0.2) is 24.3 Å². The predicted molar refractivity (Wildman–Crippen MR) is 101 cm³/mol. The second kappa shape index (κ2) is 8.94. The molecule has 0 radical (unpaired) electrons. The minimum absolute atomic E-state index is 0.0961. The Kier molecular flexibility index (Phi) is 7.16. The molecule has 1 aromatic carbocycles. The maximum absolute atomic E-state index is 12.7. The molecule has 1 aliphatic heterocycles. The lowest BCUT2D eigenvalue weighted by Crippen LogP contribution is -2.49. The van der Waals surface area contributed by atoms with Gasteiger partial charge in [0.1, 0.15) is 0 Å². The lowest BCUT2D eigenvalue weighted by Gasteiger charge is -2.34. The zero-order valence-corrected chi connectivity index (χ0v) is 16.3. The molecule has 1 aliphatic rings. The van der Waals surface area contributed by atoms with Crippen LogP contribution >= 0.6 is 0 Å². The number of hydrogen-bond acceptors (Lipinski definition) is 5. The summed E-state index contributed by atoms with van der Waals surface area (Å²) in [6, 6.07) is 7.07. The second-order valence-electron chi connectivity index (χ2n) is 7.08. The molecule has 8 heteroatoms. The Hall–Kier alpha value is -1.48. The van der Waals surface area contributed by atoms with Crippen molar-refractivity contribution < 1.29 is 17.9 Å². The molecule has 0 aliphatic carbocycles. The number of rotatable bonds is 8. The van der Waals surface area contributed by atoms with Crippen LogP contribution in [0, 0.1) is 5.41 Å². The van der Waals surface area contributed by atoms with E-state index < -0.39 is 15.4 Å². The number of carbonyl (C=O) groups is 1. The molecular weight excluding hydrogens is 354 g/mol. The third kappa shape index (κ3) is 5.51. The van der Waals surface area contributed by atoms with Gasteiger partial charge in [-0.1, -0.05) is 24.3 Å². The van der Waals surface area contributed by atoms with Crippen LogP contribution in [0.1, 0.15) is 37.8 Å². The van der Waals surface area contributed by atoms with Crippen LogP contribution in [-0.4, -0.2) is 40.1 Å². The van der Waals surface area contributed by atoms with Gasteiger partial charge in [-0.05, 0) is 37.8 Å². The highest BCUT2D eigenvalue weighted by molar-refractivity contribution is 7.88. The zero-order chi connectivity index (χ0) is 19.2. The zero-order valence-electron chi connectivity index (χ0n) is 15.5. The molecule has 2 rings (SSSR count). The van der Waals surface area contributed by atoms with E-state index in [9.17, 15) is 13.2 Å². The normalized spacial score (nSPS) is 17.2. The molecule has 0 spiro atoms. The molecular formula is C18H29N3O4S. The first-order valence-electron chi connectivity index (χ1n) is 8.91. The van der Waals surface area contributed by atoms with Crippen molar-refractivity contribution in [3.8, 4) is 0 Å². The molecule has 0 bridgehead atoms. The molecule has 1 aromatic rings. The van der Waals surface area contributed by atoms with Crippen molar-refractivity contribution in [2.24, 2.45) is 11.1 Å². The lowest BCUT2D eigenvalue weighted by molar-refractivity contribution is -0.136. The predicted octanol–water partition coefficient (Wildman–Crippen LogP) is 0.886. The van der Waals surface area contributed by atoms with E-state index in [4.69, 9.17) is 10.5 Å². The van der Waals surface area contributed by atoms with E-state index in [0.717, 1.165) is 5.56 Å². The van der Waals surface area contributed by atoms with Gasteiger partial charge in [0.2, 0.25) is 15.9 Å². The molecule has 1 fully saturated rings. The van der Waals surface area contributed by atoms with E-state index in [1.807, 2.05) is 12.1 Å². The monoisotopic (exact) mass is 383 g/mol. The van der Waals surface area contributed by atoms with Crippen LogP contribution in [0.4, 0.5) is 0 Å². The fourth-order valence-corrected chi connectivity index (χ4v) is 4.62. The molecule has 0 unspecified atom stereocenters. The summed E-state index contributed by atoms with van der Waals surface area (Å²) in [5.74, 6) is -0.214. The molecule has 1 saturated heterocycles. The van der Waals surface area contributed by atoms with Crippen LogP contribution < -0.4 is 15.8 Å². The van der Waals surface area contributed by atoms with Gasteiger partial charge in [0.15, 0.2) is 0 Å². The summed E-state index contributed by atoms with van der Waals surface area (Å²) in [5.41, 5.74) is 6.73. The highest BCUT2D eigenvalue weighted by Crippen LogP contribution is 2.29. The number of benzene rings is 1. The van der Waals surface area contributed by atoms with E-state index in [2.05, 4.69) is 10.0 Å². The first-order chi connectivity index (χ1) is 12.3. The van der Waals surface area contributed by atoms with Crippen LogP contribution in [0.3, 0.4) is 0 Å². The number of sulfonamides is 1. The van der Waals surface area contributed by atoms with Gasteiger partial charge in [-0.2, -0.15) is 0 Å². The van der Waals surface area contributed by atoms with Gasteiger partial charge in [-0.25, -0.2) is 13.1 Å². The number of hydrogen-bond donors (Lipinski definition) is 3. The maximum Gasteiger partial charge on any atom is 0.227 e. The van der Waals surface area contributed by atoms with E-state index in [1.165, 1.54) is 0 Å². The standard InChI is InChI=1S/C18H29N3O4S/c1-14(2)21-26(23,24)12-16-6-4-3-5-15(16)11-20-17(22)18(13-19)7-9-25-10-8-18/h3-6,14,21H,7-13,19H2,1-2H3,(H,20,22). The van der Waals surface area contributed by atoms with Gasteiger partial charge in [-0.3, -0.25) is 4.79 Å². The third-order valence-electron chi connectivity index (χ3n) is 4.64. The summed E-state index contributed by atoms with van der Waals surface area (Å²) >= 11 is 0. The molecule has 146 valence electrons. The third-order valence-corrected chi connectivity index (χ3v) is 6.16. The van der Waals surface area contributed by atoms with Crippen molar-refractivity contribution in [1.82, 2.24) is 10.0 Å². The average molecular weight is 384 g/mol. The quantitative estimate of drug-likeness (QED) is 0.617. The Morgan fingerprint density at radius 1 is 1.23 bits per heavy atom. The Bertz CT molecular complexity index is 713. The number of amides is 1. The van der Waals surface area contributed by atoms with Crippen molar-refractivity contribution in [1.29, 1.82) is 0 Å². The molecule has 1 amide bonds. The summed E-state index contributed by atoms with van der Waals surface area (Å²) in [6.07, 6.45) is 1.20. The van der Waals surface area contributed by atoms with Crippen molar-refractivity contribution in [2.75, 3.05) is 19.8 Å². The molecule has 0 atom stereocenters. The topological polar surface area (TPSA) is 111 Å². The lowest BCUT2D eigenvalue weighted by atomic mass is 9.79. The number of nitrogens with two attached hydrogens (primary N) is 1. The molecule has 0 aromatic heterocycles. The molecule has 1 heterocycles. The minimum Gasteiger partial charge on any atom is -0.381 e. The van der Waals surface area contributed by atoms with Gasteiger partial charge in [0, 0.05) is 32.3 Å². The first-order valence-corrected chi connectivity index (χ1v) is 10.6. The van der Waals surface area contributed by atoms with Gasteiger partial charge in [0.25, 0.3) is 0 Å². The van der Waals surface area contributed by atoms with Crippen molar-refractivity contribution in [2.45, 2.75) is 45.0 Å². The van der Waals surface area contributed by atoms with Gasteiger partial charge in [-0.15, -0.1) is 0 Å². The first kappa shape index (κ1) is 20.8. The van der Waals surface area contributed by atoms with Crippen LogP contribution in [-0.2, 0) is 31.9 Å². The van der Waals surface area contributed by atoms with Crippen LogP contribution in [0.2, 0.25) is 0 Å². The fraction of sp³-hybridized carbons (Fsp3) is 0.611. The molecule has 7 nitrogen and oxygen atoms in total. The van der Waals surface area contributed by atoms with Gasteiger partial charge >= 0.3 is 0 Å². The van der Waals surface area contributed by atoms with E-state index >= 15 is 0 Å². The van der Waals surface area contributed by atoms with Gasteiger partial charge < -0.3 is 15.8 Å². The Labute approximate surface area is 155 Å². The minimum atomic E-state index is -3.43. The Morgan fingerprint density at radius 3 is 2.42 bits per heavy atom. The van der Waals surface area contributed by atoms with Crippen LogP contribution in [0.25, 0.3) is 0 Å². The second-order valence-corrected chi connectivity index (χ2v) is 8.83. The number of carbonyl (C=O) groups excluding carboxylic acids is 1. The Balaban J connectivity index is 2.07. The fourth-order valence-electron chi connectivity index (χ4n) is 3.13. The van der Waals surface area contributed by atoms with Crippen LogP contribution in [0.5, 0.6) is 0 Å². The van der Waals surface area contributed by atoms with Gasteiger partial charge in [0.05, 0.1) is 11.2 Å². The molecule has 0 saturated carbocycles. The van der Waals surface area contributed by atoms with E-state index in [-0.39, 0.29) is 30.8 Å². The van der Waals surface area contributed by atoms with Crippen molar-refractivity contribution in [3.05, 3.63) is 35.4 Å². The summed E-state index contributed by atoms with van der Waals surface area (Å²) in [4.78, 5) is 12.7. The SMILES string of the molecule is CC(C)NS(=O)(=O)Cc1ccccc1CNC(=O)C1(CN)CCOCC1. The number of ether oxygens (including phenoxy) is 1. The summed E-state index contributed by atoms with van der Waals surface area (Å²) in [6.45, 7) is 5.17. The Morgan fingerprint density at radius 2 is 1.85 bits per heavy atom. The summed E-state index contributed by atoms with van der Waals surface area (Å²) in [5, 5.41) is 2.94. The average Bonchev–Trinajstić information content (AvgIpc) is 2.59. The smallest absolute Gasteiger partial charge is 0.227 e. The van der Waals surface area contributed by atoms with E-state index in [1.54, 1.807) is 26.0 Å². The van der Waals surface area contributed by atoms with E-state index in [0.29, 0.717) is 31.6 Å². The van der Waals surface area contributed by atoms with Crippen molar-refractivity contribution >= 4 is 15.9 Å². The van der Waals surface area contributed by atoms with Crippen molar-refractivity contribution in [3.63, 3.8) is 0 Å². The molecule has 4 N–H and O–H groups in total. The maximum atomic E-state index is 12.7. The number of nitrogens with one attached hydrogen (secondary N) is 2. The molecule has 26 heavy (non-hydrogen) atoms. The highest BCUT2D eigenvalue weighted by atomic mass is 32.2. The summed E-state index contributed by atoms with van der Waals surface area (Å²) < 4.78 is 32.3. The largest absolute Gasteiger partial charge is 0.381 e. The summed E-state index contributed by atoms with van der Waals surface area (Å²) in [7, 11) is -3.43.